The maximum atomic E-state index is 11.3. The van der Waals surface area contributed by atoms with E-state index in [9.17, 15) is 10.2 Å². The highest BCUT2D eigenvalue weighted by Crippen LogP contribution is 2.28. The van der Waals surface area contributed by atoms with Gasteiger partial charge in [-0.25, -0.2) is 0 Å². The Balaban J connectivity index is 1.33. The Labute approximate surface area is 191 Å². The number of anilines is 1. The summed E-state index contributed by atoms with van der Waals surface area (Å²) in [5.41, 5.74) is 1.71. The largest absolute Gasteiger partial charge is 0.490 e. The summed E-state index contributed by atoms with van der Waals surface area (Å²) < 4.78 is 11.6. The first-order chi connectivity index (χ1) is 15.3. The van der Waals surface area contributed by atoms with Gasteiger partial charge in [-0.15, -0.1) is 0 Å². The highest BCUT2D eigenvalue weighted by Gasteiger charge is 2.39. The second-order valence-corrected chi connectivity index (χ2v) is 9.64. The van der Waals surface area contributed by atoms with Gasteiger partial charge in [0, 0.05) is 38.4 Å². The minimum absolute atomic E-state index is 0.159. The maximum Gasteiger partial charge on any atom is 0.134 e. The van der Waals surface area contributed by atoms with Gasteiger partial charge in [0.05, 0.1) is 18.8 Å². The second kappa shape index (κ2) is 9.79. The number of ether oxygens (including phenoxy) is 2. The maximum absolute atomic E-state index is 11.3. The van der Waals surface area contributed by atoms with E-state index in [-0.39, 0.29) is 13.2 Å². The van der Waals surface area contributed by atoms with Crippen LogP contribution in [0.4, 0.5) is 5.69 Å². The monoisotopic (exact) mass is 440 g/mol. The van der Waals surface area contributed by atoms with Crippen LogP contribution in [0.3, 0.4) is 0 Å². The Bertz CT molecular complexity index is 880. The number of aryl methyl sites for hydroxylation is 2. The van der Waals surface area contributed by atoms with Crippen molar-refractivity contribution in [3.8, 4) is 5.75 Å². The van der Waals surface area contributed by atoms with Gasteiger partial charge in [0.2, 0.25) is 0 Å². The molecular formula is C26H36N2O4. The molecule has 0 bridgehead atoms. The fraction of sp³-hybridized carbons (Fsp3) is 0.538. The Morgan fingerprint density at radius 3 is 2.41 bits per heavy atom. The van der Waals surface area contributed by atoms with Gasteiger partial charge in [-0.05, 0) is 56.5 Å². The van der Waals surface area contributed by atoms with E-state index in [2.05, 4.69) is 41.0 Å². The lowest BCUT2D eigenvalue weighted by Gasteiger charge is -2.42. The van der Waals surface area contributed by atoms with E-state index in [1.807, 2.05) is 31.2 Å². The molecule has 2 N–H and O–H groups in total. The van der Waals surface area contributed by atoms with Crippen molar-refractivity contribution < 1.29 is 19.7 Å². The molecule has 174 valence electrons. The summed E-state index contributed by atoms with van der Waals surface area (Å²) in [5, 5.41) is 22.5. The standard InChI is InChI=1S/C26H36N2O4/c1-21-6-8-23(9-7-21)28-12-10-25(29,11-13-28)17-27-14-15-31-19-26(30,18-27)20-32-24-5-3-4-22(2)16-24/h3-9,16,29-30H,10-15,17-20H2,1-2H3/t26-/m1/s1. The fourth-order valence-electron chi connectivity index (χ4n) is 4.65. The van der Waals surface area contributed by atoms with E-state index in [1.165, 1.54) is 11.3 Å². The molecule has 2 aromatic carbocycles. The Morgan fingerprint density at radius 2 is 1.69 bits per heavy atom. The molecule has 0 radical (unpaired) electrons. The van der Waals surface area contributed by atoms with Crippen LogP contribution in [0, 0.1) is 13.8 Å². The predicted molar refractivity (Wildman–Crippen MR) is 126 cm³/mol. The zero-order valence-electron chi connectivity index (χ0n) is 19.3. The normalized spacial score (nSPS) is 24.2. The zero-order valence-corrected chi connectivity index (χ0v) is 19.3. The van der Waals surface area contributed by atoms with Crippen LogP contribution in [0.1, 0.15) is 24.0 Å². The number of nitrogens with zero attached hydrogens (tertiary/aromatic N) is 2. The molecule has 2 aliphatic rings. The highest BCUT2D eigenvalue weighted by molar-refractivity contribution is 5.48. The van der Waals surface area contributed by atoms with Gasteiger partial charge in [-0.1, -0.05) is 29.8 Å². The predicted octanol–water partition coefficient (Wildman–Crippen LogP) is 2.78. The van der Waals surface area contributed by atoms with Crippen LogP contribution >= 0.6 is 0 Å². The summed E-state index contributed by atoms with van der Waals surface area (Å²) in [6, 6.07) is 16.4. The van der Waals surface area contributed by atoms with Gasteiger partial charge < -0.3 is 24.6 Å². The van der Waals surface area contributed by atoms with Crippen LogP contribution in [0.25, 0.3) is 0 Å². The molecule has 1 atom stereocenters. The smallest absolute Gasteiger partial charge is 0.134 e. The molecule has 2 aliphatic heterocycles. The van der Waals surface area contributed by atoms with Gasteiger partial charge in [0.15, 0.2) is 0 Å². The molecule has 2 heterocycles. The van der Waals surface area contributed by atoms with E-state index < -0.39 is 11.2 Å². The lowest BCUT2D eigenvalue weighted by Crippen LogP contribution is -2.55. The lowest BCUT2D eigenvalue weighted by molar-refractivity contribution is -0.0742. The van der Waals surface area contributed by atoms with E-state index in [0.717, 1.165) is 24.4 Å². The molecule has 0 amide bonds. The van der Waals surface area contributed by atoms with Crippen LogP contribution in [-0.4, -0.2) is 78.9 Å². The Morgan fingerprint density at radius 1 is 0.938 bits per heavy atom. The molecule has 6 heteroatoms. The first-order valence-corrected chi connectivity index (χ1v) is 11.6. The highest BCUT2D eigenvalue weighted by atomic mass is 16.5. The summed E-state index contributed by atoms with van der Waals surface area (Å²) >= 11 is 0. The number of hydrogen-bond acceptors (Lipinski definition) is 6. The lowest BCUT2D eigenvalue weighted by atomic mass is 9.90. The molecule has 2 aromatic rings. The zero-order chi connectivity index (χ0) is 22.6. The molecule has 4 rings (SSSR count). The SMILES string of the molecule is Cc1ccc(N2CCC(O)(CN3CCOC[C@@](O)(COc4cccc(C)c4)C3)CC2)cc1. The van der Waals surface area contributed by atoms with Gasteiger partial charge >= 0.3 is 0 Å². The number of rotatable bonds is 6. The average molecular weight is 441 g/mol. The van der Waals surface area contributed by atoms with E-state index >= 15 is 0 Å². The Kier molecular flexibility index (Phi) is 7.05. The van der Waals surface area contributed by atoms with Gasteiger partial charge in [0.1, 0.15) is 18.0 Å². The molecule has 2 fully saturated rings. The second-order valence-electron chi connectivity index (χ2n) is 9.64. The van der Waals surface area contributed by atoms with Crippen molar-refractivity contribution in [2.75, 3.05) is 57.4 Å². The first kappa shape index (κ1) is 23.1. The number of benzene rings is 2. The van der Waals surface area contributed by atoms with Crippen molar-refractivity contribution >= 4 is 5.69 Å². The topological polar surface area (TPSA) is 65.4 Å². The van der Waals surface area contributed by atoms with E-state index in [4.69, 9.17) is 9.47 Å². The summed E-state index contributed by atoms with van der Waals surface area (Å²) in [7, 11) is 0. The molecule has 6 nitrogen and oxygen atoms in total. The van der Waals surface area contributed by atoms with Crippen molar-refractivity contribution in [2.45, 2.75) is 37.9 Å². The van der Waals surface area contributed by atoms with Crippen molar-refractivity contribution in [3.63, 3.8) is 0 Å². The van der Waals surface area contributed by atoms with Crippen molar-refractivity contribution in [1.29, 1.82) is 0 Å². The molecule has 0 spiro atoms. The van der Waals surface area contributed by atoms with E-state index in [1.54, 1.807) is 0 Å². The molecule has 0 saturated carbocycles. The third-order valence-corrected chi connectivity index (χ3v) is 6.55. The molecule has 32 heavy (non-hydrogen) atoms. The van der Waals surface area contributed by atoms with Crippen LogP contribution in [0.15, 0.2) is 48.5 Å². The van der Waals surface area contributed by atoms with Crippen LogP contribution in [0.5, 0.6) is 5.75 Å². The molecule has 0 unspecified atom stereocenters. The van der Waals surface area contributed by atoms with Crippen molar-refractivity contribution in [1.82, 2.24) is 4.90 Å². The van der Waals surface area contributed by atoms with Crippen LogP contribution < -0.4 is 9.64 Å². The minimum Gasteiger partial charge on any atom is -0.490 e. The molecule has 0 aromatic heterocycles. The summed E-state index contributed by atoms with van der Waals surface area (Å²) in [4.78, 5) is 4.47. The average Bonchev–Trinajstić information content (AvgIpc) is 2.95. The summed E-state index contributed by atoms with van der Waals surface area (Å²) in [6.07, 6.45) is 1.41. The third-order valence-electron chi connectivity index (χ3n) is 6.55. The Hall–Kier alpha value is -2.12. The molecular weight excluding hydrogens is 404 g/mol. The van der Waals surface area contributed by atoms with Gasteiger partial charge in [-0.2, -0.15) is 0 Å². The first-order valence-electron chi connectivity index (χ1n) is 11.6. The molecule has 2 saturated heterocycles. The minimum atomic E-state index is -1.11. The quantitative estimate of drug-likeness (QED) is 0.720. The number of aliphatic hydroxyl groups is 2. The van der Waals surface area contributed by atoms with Crippen LogP contribution in [0.2, 0.25) is 0 Å². The van der Waals surface area contributed by atoms with Gasteiger partial charge in [0.25, 0.3) is 0 Å². The van der Waals surface area contributed by atoms with Crippen LogP contribution in [-0.2, 0) is 4.74 Å². The third kappa shape index (κ3) is 6.01. The number of hydrogen-bond donors (Lipinski definition) is 2. The van der Waals surface area contributed by atoms with E-state index in [0.29, 0.717) is 39.1 Å². The number of β-amino-alcohol motifs (C(OH)–C–C–N with tert-alkyl or cyclic N) is 2. The van der Waals surface area contributed by atoms with Crippen molar-refractivity contribution in [3.05, 3.63) is 59.7 Å². The summed E-state index contributed by atoms with van der Waals surface area (Å²) in [6.45, 7) is 8.33. The molecule has 0 aliphatic carbocycles. The summed E-state index contributed by atoms with van der Waals surface area (Å²) in [5.74, 6) is 0.747. The fourth-order valence-corrected chi connectivity index (χ4v) is 4.65. The van der Waals surface area contributed by atoms with Gasteiger partial charge in [-0.3, -0.25) is 4.90 Å². The number of piperidine rings is 1. The van der Waals surface area contributed by atoms with Crippen molar-refractivity contribution in [2.24, 2.45) is 0 Å².